The quantitative estimate of drug-likeness (QED) is 0.164. The van der Waals surface area contributed by atoms with Gasteiger partial charge in [-0.05, 0) is 19.3 Å². The van der Waals surface area contributed by atoms with Gasteiger partial charge in [-0.2, -0.15) is 0 Å². The number of rotatable bonds is 19. The predicted octanol–water partition coefficient (Wildman–Crippen LogP) is 8.99. The van der Waals surface area contributed by atoms with E-state index in [1.54, 1.807) is 0 Å². The summed E-state index contributed by atoms with van der Waals surface area (Å²) in [5, 5.41) is 0. The van der Waals surface area contributed by atoms with Crippen LogP contribution in [0.25, 0.3) is 0 Å². The van der Waals surface area contributed by atoms with Gasteiger partial charge in [0.15, 0.2) is 0 Å². The molecule has 0 radical (unpaired) electrons. The zero-order valence-electron chi connectivity index (χ0n) is 16.6. The molecule has 0 aliphatic heterocycles. The Morgan fingerprint density at radius 2 is 0.696 bits per heavy atom. The van der Waals surface area contributed by atoms with Gasteiger partial charge < -0.3 is 0 Å². The van der Waals surface area contributed by atoms with Gasteiger partial charge in [-0.3, -0.25) is 0 Å². The number of allylic oxidation sites excluding steroid dienone is 2. The van der Waals surface area contributed by atoms with Crippen LogP contribution in [0.2, 0.25) is 0 Å². The maximum absolute atomic E-state index is 2.38. The minimum absolute atomic E-state index is 1.26. The van der Waals surface area contributed by atoms with Gasteiger partial charge in [0.05, 0.1) is 0 Å². The normalized spacial score (nSPS) is 11.6. The maximum Gasteiger partial charge on any atom is -0.0351 e. The van der Waals surface area contributed by atoms with E-state index >= 15 is 0 Å². The average molecular weight is 323 g/mol. The molecule has 0 heterocycles. The van der Waals surface area contributed by atoms with Crippen molar-refractivity contribution in [2.24, 2.45) is 0 Å². The van der Waals surface area contributed by atoms with Crippen LogP contribution in [0.3, 0.4) is 0 Å². The Morgan fingerprint density at radius 1 is 0.348 bits per heavy atom. The molecule has 0 atom stereocenters. The summed E-state index contributed by atoms with van der Waals surface area (Å²) in [4.78, 5) is 0. The van der Waals surface area contributed by atoms with Crippen molar-refractivity contribution < 1.29 is 0 Å². The second-order valence-corrected chi connectivity index (χ2v) is 7.35. The van der Waals surface area contributed by atoms with Crippen LogP contribution in [0.4, 0.5) is 0 Å². The average Bonchev–Trinajstić information content (AvgIpc) is 2.57. The topological polar surface area (TPSA) is 0 Å². The third-order valence-corrected chi connectivity index (χ3v) is 4.85. The third-order valence-electron chi connectivity index (χ3n) is 4.85. The summed E-state index contributed by atoms with van der Waals surface area (Å²) >= 11 is 0. The number of hydrogen-bond acceptors (Lipinski definition) is 0. The fraction of sp³-hybridized carbons (Fsp3) is 0.913. The minimum Gasteiger partial charge on any atom is -0.0885 e. The van der Waals surface area contributed by atoms with E-state index in [9.17, 15) is 0 Å². The van der Waals surface area contributed by atoms with Gasteiger partial charge in [0.2, 0.25) is 0 Å². The summed E-state index contributed by atoms with van der Waals surface area (Å²) in [7, 11) is 0. The van der Waals surface area contributed by atoms with Crippen LogP contribution in [0.15, 0.2) is 12.2 Å². The number of unbranched alkanes of at least 4 members (excludes halogenated alkanes) is 17. The molecule has 0 nitrogen and oxygen atoms in total. The first-order valence-electron chi connectivity index (χ1n) is 11.1. The predicted molar refractivity (Wildman–Crippen MR) is 108 cm³/mol. The van der Waals surface area contributed by atoms with E-state index in [0.717, 1.165) is 0 Å². The zero-order chi connectivity index (χ0) is 16.8. The fourth-order valence-electron chi connectivity index (χ4n) is 3.21. The molecule has 0 bridgehead atoms. The Morgan fingerprint density at radius 3 is 1.09 bits per heavy atom. The minimum atomic E-state index is 1.26. The summed E-state index contributed by atoms with van der Waals surface area (Å²) in [5.74, 6) is 0. The molecule has 0 aromatic carbocycles. The lowest BCUT2D eigenvalue weighted by atomic mass is 10.0. The van der Waals surface area contributed by atoms with E-state index in [4.69, 9.17) is 0 Å². The highest BCUT2D eigenvalue weighted by Gasteiger charge is 1.94. The van der Waals surface area contributed by atoms with Crippen LogP contribution in [0.5, 0.6) is 0 Å². The second-order valence-electron chi connectivity index (χ2n) is 7.35. The van der Waals surface area contributed by atoms with E-state index < -0.39 is 0 Å². The van der Waals surface area contributed by atoms with E-state index in [2.05, 4.69) is 26.0 Å². The lowest BCUT2D eigenvalue weighted by Crippen LogP contribution is -1.83. The van der Waals surface area contributed by atoms with Crippen molar-refractivity contribution in [2.45, 2.75) is 136 Å². The first kappa shape index (κ1) is 22.7. The summed E-state index contributed by atoms with van der Waals surface area (Å²) in [6.07, 6.45) is 32.0. The molecule has 0 aliphatic rings. The van der Waals surface area contributed by atoms with Crippen molar-refractivity contribution in [3.63, 3.8) is 0 Å². The fourth-order valence-corrected chi connectivity index (χ4v) is 3.21. The lowest BCUT2D eigenvalue weighted by molar-refractivity contribution is 0.530. The Balaban J connectivity index is 2.97. The third kappa shape index (κ3) is 21.7. The van der Waals surface area contributed by atoms with Gasteiger partial charge in [-0.25, -0.2) is 0 Å². The molecule has 0 aliphatic carbocycles. The number of hydrogen-bond donors (Lipinski definition) is 0. The molecule has 0 aromatic rings. The van der Waals surface area contributed by atoms with Crippen molar-refractivity contribution in [3.05, 3.63) is 12.2 Å². The Bertz CT molecular complexity index is 216. The van der Waals surface area contributed by atoms with E-state index in [1.165, 1.54) is 122 Å². The van der Waals surface area contributed by atoms with Crippen LogP contribution in [0.1, 0.15) is 136 Å². The molecule has 0 rings (SSSR count). The second kappa shape index (κ2) is 21.7. The summed E-state index contributed by atoms with van der Waals surface area (Å²) in [6, 6.07) is 0. The Labute approximate surface area is 148 Å². The highest BCUT2D eigenvalue weighted by molar-refractivity contribution is 4.80. The summed E-state index contributed by atoms with van der Waals surface area (Å²) in [6.45, 7) is 4.55. The van der Waals surface area contributed by atoms with Crippen LogP contribution in [0, 0.1) is 0 Å². The molecule has 0 spiro atoms. The summed E-state index contributed by atoms with van der Waals surface area (Å²) < 4.78 is 0. The molecule has 0 heteroatoms. The van der Waals surface area contributed by atoms with E-state index in [0.29, 0.717) is 0 Å². The van der Waals surface area contributed by atoms with Crippen LogP contribution >= 0.6 is 0 Å². The van der Waals surface area contributed by atoms with Gasteiger partial charge in [-0.15, -0.1) is 0 Å². The van der Waals surface area contributed by atoms with Crippen molar-refractivity contribution in [1.82, 2.24) is 0 Å². The Hall–Kier alpha value is -0.260. The molecule has 23 heavy (non-hydrogen) atoms. The molecule has 138 valence electrons. The zero-order valence-corrected chi connectivity index (χ0v) is 16.6. The van der Waals surface area contributed by atoms with Gasteiger partial charge in [0, 0.05) is 0 Å². The highest BCUT2D eigenvalue weighted by Crippen LogP contribution is 2.14. The van der Waals surface area contributed by atoms with Crippen LogP contribution < -0.4 is 0 Å². The van der Waals surface area contributed by atoms with Crippen LogP contribution in [-0.4, -0.2) is 0 Å². The van der Waals surface area contributed by atoms with Crippen molar-refractivity contribution >= 4 is 0 Å². The molecule has 0 N–H and O–H groups in total. The standard InChI is InChI=1S/C23H46/c1-3-5-7-9-11-13-15-17-19-21-23-22-20-18-16-14-12-10-8-6-4-2/h7,9H,3-6,8,10-23H2,1-2H3/b9-7+. The molecule has 0 saturated heterocycles. The molecular weight excluding hydrogens is 276 g/mol. The SMILES string of the molecule is CCC/C=C/CCCCCCCCCCCCCCCCCC. The first-order chi connectivity index (χ1) is 11.4. The van der Waals surface area contributed by atoms with Gasteiger partial charge in [0.25, 0.3) is 0 Å². The van der Waals surface area contributed by atoms with Gasteiger partial charge >= 0.3 is 0 Å². The smallest absolute Gasteiger partial charge is 0.0351 e. The van der Waals surface area contributed by atoms with Crippen molar-refractivity contribution in [2.75, 3.05) is 0 Å². The van der Waals surface area contributed by atoms with Crippen molar-refractivity contribution in [3.8, 4) is 0 Å². The van der Waals surface area contributed by atoms with Gasteiger partial charge in [-0.1, -0.05) is 129 Å². The molecular formula is C23H46. The molecule has 0 fully saturated rings. The lowest BCUT2D eigenvalue weighted by Gasteiger charge is -2.03. The highest BCUT2D eigenvalue weighted by atomic mass is 14.0. The maximum atomic E-state index is 2.38. The first-order valence-corrected chi connectivity index (χ1v) is 11.1. The van der Waals surface area contributed by atoms with Crippen molar-refractivity contribution in [1.29, 1.82) is 0 Å². The molecule has 0 saturated carbocycles. The molecule has 0 amide bonds. The monoisotopic (exact) mass is 322 g/mol. The summed E-state index contributed by atoms with van der Waals surface area (Å²) in [5.41, 5.74) is 0. The molecule has 0 aromatic heterocycles. The largest absolute Gasteiger partial charge is 0.0885 e. The van der Waals surface area contributed by atoms with Crippen LogP contribution in [-0.2, 0) is 0 Å². The molecule has 0 unspecified atom stereocenters. The Kier molecular flexibility index (Phi) is 21.5. The van der Waals surface area contributed by atoms with E-state index in [-0.39, 0.29) is 0 Å². The van der Waals surface area contributed by atoms with E-state index in [1.807, 2.05) is 0 Å². The van der Waals surface area contributed by atoms with Gasteiger partial charge in [0.1, 0.15) is 0 Å².